The fourth-order valence-electron chi connectivity index (χ4n) is 2.01. The highest BCUT2D eigenvalue weighted by molar-refractivity contribution is 7.91. The molecule has 0 saturated heterocycles. The molecule has 0 fully saturated rings. The number of hydrogen-bond donors (Lipinski definition) is 1. The monoisotopic (exact) mass is 301 g/mol. The van der Waals surface area contributed by atoms with Gasteiger partial charge in [0, 0.05) is 6.04 Å². The van der Waals surface area contributed by atoms with Gasteiger partial charge in [0.15, 0.2) is 9.84 Å². The third-order valence-electron chi connectivity index (χ3n) is 3.20. The Bertz CT molecular complexity index is 502. The molecular weight excluding hydrogens is 277 g/mol. The van der Waals surface area contributed by atoms with Gasteiger partial charge in [-0.3, -0.25) is 0 Å². The molecule has 0 amide bonds. The highest BCUT2D eigenvalue weighted by atomic mass is 32.2. The summed E-state index contributed by atoms with van der Waals surface area (Å²) >= 11 is 0. The van der Waals surface area contributed by atoms with Crippen LogP contribution in [0.1, 0.15) is 39.5 Å². The van der Waals surface area contributed by atoms with Gasteiger partial charge in [-0.05, 0) is 50.9 Å². The van der Waals surface area contributed by atoms with Crippen LogP contribution in [-0.2, 0) is 9.84 Å². The summed E-state index contributed by atoms with van der Waals surface area (Å²) in [5, 5.41) is 3.37. The summed E-state index contributed by atoms with van der Waals surface area (Å²) in [6.45, 7) is 5.21. The molecule has 1 rings (SSSR count). The topological polar surface area (TPSA) is 46.2 Å². The SMILES string of the molecule is CCCNC(C)CCCCS(=O)(=O)c1cccc(F)c1. The second kappa shape index (κ2) is 8.37. The lowest BCUT2D eigenvalue weighted by atomic mass is 10.1. The molecule has 1 N–H and O–H groups in total. The van der Waals surface area contributed by atoms with E-state index < -0.39 is 15.7 Å². The summed E-state index contributed by atoms with van der Waals surface area (Å²) < 4.78 is 37.1. The van der Waals surface area contributed by atoms with E-state index in [4.69, 9.17) is 0 Å². The number of unbranched alkanes of at least 4 members (excludes halogenated alkanes) is 1. The second-order valence-electron chi connectivity index (χ2n) is 5.13. The maximum absolute atomic E-state index is 13.0. The molecule has 5 heteroatoms. The van der Waals surface area contributed by atoms with Crippen molar-refractivity contribution in [2.45, 2.75) is 50.5 Å². The van der Waals surface area contributed by atoms with Crippen LogP contribution < -0.4 is 5.32 Å². The van der Waals surface area contributed by atoms with Crippen molar-refractivity contribution in [3.8, 4) is 0 Å². The molecule has 0 bridgehead atoms. The van der Waals surface area contributed by atoms with Gasteiger partial charge in [-0.25, -0.2) is 12.8 Å². The van der Waals surface area contributed by atoms with Gasteiger partial charge in [-0.1, -0.05) is 19.4 Å². The number of nitrogens with one attached hydrogen (secondary N) is 1. The Morgan fingerprint density at radius 2 is 2.05 bits per heavy atom. The summed E-state index contributed by atoms with van der Waals surface area (Å²) in [4.78, 5) is 0.0784. The van der Waals surface area contributed by atoms with Gasteiger partial charge >= 0.3 is 0 Å². The summed E-state index contributed by atoms with van der Waals surface area (Å²) in [6.07, 6.45) is 3.51. The fraction of sp³-hybridized carbons (Fsp3) is 0.600. The van der Waals surface area contributed by atoms with Crippen LogP contribution in [0.2, 0.25) is 0 Å². The van der Waals surface area contributed by atoms with Gasteiger partial charge in [0.2, 0.25) is 0 Å². The van der Waals surface area contributed by atoms with E-state index in [0.717, 1.165) is 31.9 Å². The Kier molecular flexibility index (Phi) is 7.16. The smallest absolute Gasteiger partial charge is 0.178 e. The molecule has 114 valence electrons. The van der Waals surface area contributed by atoms with E-state index in [-0.39, 0.29) is 10.6 Å². The van der Waals surface area contributed by atoms with Crippen molar-refractivity contribution >= 4 is 9.84 Å². The van der Waals surface area contributed by atoms with Crippen molar-refractivity contribution in [2.75, 3.05) is 12.3 Å². The van der Waals surface area contributed by atoms with Gasteiger partial charge in [-0.2, -0.15) is 0 Å². The molecule has 1 atom stereocenters. The highest BCUT2D eigenvalue weighted by Crippen LogP contribution is 2.14. The maximum Gasteiger partial charge on any atom is 0.178 e. The summed E-state index contributed by atoms with van der Waals surface area (Å²) in [5.74, 6) is -0.430. The Morgan fingerprint density at radius 3 is 2.70 bits per heavy atom. The minimum atomic E-state index is -3.36. The van der Waals surface area contributed by atoms with Gasteiger partial charge in [0.05, 0.1) is 10.6 Å². The van der Waals surface area contributed by atoms with E-state index in [1.807, 2.05) is 0 Å². The van der Waals surface area contributed by atoms with Crippen LogP contribution in [0.15, 0.2) is 29.2 Å². The van der Waals surface area contributed by atoms with Crippen molar-refractivity contribution in [3.05, 3.63) is 30.1 Å². The Morgan fingerprint density at radius 1 is 1.30 bits per heavy atom. The zero-order chi connectivity index (χ0) is 15.0. The zero-order valence-electron chi connectivity index (χ0n) is 12.2. The number of benzene rings is 1. The van der Waals surface area contributed by atoms with E-state index in [1.54, 1.807) is 0 Å². The van der Waals surface area contributed by atoms with E-state index in [9.17, 15) is 12.8 Å². The Balaban J connectivity index is 2.37. The molecule has 1 aromatic rings. The van der Waals surface area contributed by atoms with E-state index >= 15 is 0 Å². The first kappa shape index (κ1) is 17.1. The molecule has 0 heterocycles. The highest BCUT2D eigenvalue weighted by Gasteiger charge is 2.14. The van der Waals surface area contributed by atoms with Crippen LogP contribution in [0, 0.1) is 5.82 Å². The second-order valence-corrected chi connectivity index (χ2v) is 7.24. The lowest BCUT2D eigenvalue weighted by molar-refractivity contribution is 0.494. The van der Waals surface area contributed by atoms with Crippen LogP contribution >= 0.6 is 0 Å². The lowest BCUT2D eigenvalue weighted by Crippen LogP contribution is -2.26. The molecule has 1 aromatic carbocycles. The van der Waals surface area contributed by atoms with Gasteiger partial charge < -0.3 is 5.32 Å². The minimum absolute atomic E-state index is 0.0784. The molecule has 0 spiro atoms. The minimum Gasteiger partial charge on any atom is -0.314 e. The number of halogens is 1. The van der Waals surface area contributed by atoms with Crippen molar-refractivity contribution in [1.29, 1.82) is 0 Å². The number of sulfone groups is 1. The molecule has 0 saturated carbocycles. The maximum atomic E-state index is 13.0. The van der Waals surface area contributed by atoms with E-state index in [1.165, 1.54) is 18.2 Å². The summed E-state index contributed by atoms with van der Waals surface area (Å²) in [7, 11) is -3.36. The standard InChI is InChI=1S/C15H24FNO2S/c1-3-10-17-13(2)7-4-5-11-20(18,19)15-9-6-8-14(16)12-15/h6,8-9,12-13,17H,3-5,7,10-11H2,1-2H3. The third kappa shape index (κ3) is 6.01. The van der Waals surface area contributed by atoms with E-state index in [0.29, 0.717) is 12.5 Å². The Hall–Kier alpha value is -0.940. The molecule has 20 heavy (non-hydrogen) atoms. The lowest BCUT2D eigenvalue weighted by Gasteiger charge is -2.12. The van der Waals surface area contributed by atoms with Crippen LogP contribution in [0.25, 0.3) is 0 Å². The molecule has 3 nitrogen and oxygen atoms in total. The predicted molar refractivity (Wildman–Crippen MR) is 80.1 cm³/mol. The van der Waals surface area contributed by atoms with Gasteiger partial charge in [-0.15, -0.1) is 0 Å². The summed E-state index contributed by atoms with van der Waals surface area (Å²) in [6, 6.07) is 5.62. The van der Waals surface area contributed by atoms with Crippen LogP contribution in [0.3, 0.4) is 0 Å². The fourth-order valence-corrected chi connectivity index (χ4v) is 3.41. The van der Waals surface area contributed by atoms with Crippen molar-refractivity contribution in [3.63, 3.8) is 0 Å². The quantitative estimate of drug-likeness (QED) is 0.713. The zero-order valence-corrected chi connectivity index (χ0v) is 13.0. The van der Waals surface area contributed by atoms with Crippen LogP contribution in [-0.4, -0.2) is 26.8 Å². The van der Waals surface area contributed by atoms with Gasteiger partial charge in [0.25, 0.3) is 0 Å². The van der Waals surface area contributed by atoms with E-state index in [2.05, 4.69) is 19.2 Å². The normalized spacial score (nSPS) is 13.3. The average Bonchev–Trinajstić information content (AvgIpc) is 2.41. The molecular formula is C15H24FNO2S. The first-order chi connectivity index (χ1) is 9.45. The first-order valence-corrected chi connectivity index (χ1v) is 8.82. The first-order valence-electron chi connectivity index (χ1n) is 7.17. The third-order valence-corrected chi connectivity index (χ3v) is 5.00. The molecule has 0 aliphatic heterocycles. The van der Waals surface area contributed by atoms with Crippen molar-refractivity contribution in [2.24, 2.45) is 0 Å². The number of hydrogen-bond acceptors (Lipinski definition) is 3. The van der Waals surface area contributed by atoms with Gasteiger partial charge in [0.1, 0.15) is 5.82 Å². The van der Waals surface area contributed by atoms with Crippen LogP contribution in [0.5, 0.6) is 0 Å². The van der Waals surface area contributed by atoms with Crippen molar-refractivity contribution in [1.82, 2.24) is 5.32 Å². The molecule has 0 aromatic heterocycles. The molecule has 0 aliphatic rings. The molecule has 0 radical (unpaired) electrons. The molecule has 0 aliphatic carbocycles. The summed E-state index contributed by atoms with van der Waals surface area (Å²) in [5.41, 5.74) is 0. The van der Waals surface area contributed by atoms with Crippen LogP contribution in [0.4, 0.5) is 4.39 Å². The molecule has 1 unspecified atom stereocenters. The number of rotatable bonds is 9. The largest absolute Gasteiger partial charge is 0.314 e. The Labute approximate surface area is 121 Å². The average molecular weight is 301 g/mol. The van der Waals surface area contributed by atoms with Crippen molar-refractivity contribution < 1.29 is 12.8 Å². The predicted octanol–water partition coefficient (Wildman–Crippen LogP) is 3.16.